The molecule has 2 rings (SSSR count). The van der Waals surface area contributed by atoms with Gasteiger partial charge >= 0.3 is 5.97 Å². The van der Waals surface area contributed by atoms with Crippen molar-refractivity contribution in [2.45, 2.75) is 32.3 Å². The summed E-state index contributed by atoms with van der Waals surface area (Å²) in [5.74, 6) is -0.864. The minimum atomic E-state index is -1.22. The highest BCUT2D eigenvalue weighted by Crippen LogP contribution is 2.20. The Morgan fingerprint density at radius 3 is 2.88 bits per heavy atom. The number of ether oxygens (including phenoxy) is 1. The van der Waals surface area contributed by atoms with Crippen LogP contribution in [0.2, 0.25) is 0 Å². The predicted octanol–water partition coefficient (Wildman–Crippen LogP) is 0.205. The molecule has 1 aromatic heterocycles. The fraction of sp³-hybridized carbons (Fsp3) is 0.545. The summed E-state index contributed by atoms with van der Waals surface area (Å²) in [4.78, 5) is 29.7. The van der Waals surface area contributed by atoms with Crippen molar-refractivity contribution in [2.75, 3.05) is 6.61 Å². The summed E-state index contributed by atoms with van der Waals surface area (Å²) in [5.41, 5.74) is -0.334. The van der Waals surface area contributed by atoms with Gasteiger partial charge in [0.2, 0.25) is 0 Å². The van der Waals surface area contributed by atoms with Gasteiger partial charge in [-0.15, -0.1) is 0 Å². The van der Waals surface area contributed by atoms with Gasteiger partial charge in [-0.05, 0) is 13.8 Å². The average Bonchev–Trinajstić information content (AvgIpc) is 2.28. The van der Waals surface area contributed by atoms with E-state index in [1.54, 1.807) is 0 Å². The van der Waals surface area contributed by atoms with Crippen LogP contribution in [0, 0.1) is 0 Å². The van der Waals surface area contributed by atoms with Crippen LogP contribution in [0.5, 0.6) is 0 Å². The van der Waals surface area contributed by atoms with Crippen molar-refractivity contribution in [3.05, 3.63) is 27.4 Å². The van der Waals surface area contributed by atoms with Gasteiger partial charge in [0.05, 0.1) is 18.9 Å². The monoisotopic (exact) mass is 238 g/mol. The standard InChI is InChI=1S/C11H14N2O4/c1-11(2,10(15)16)9-12-7-5-17-4-3-6(7)8(14)13-9/h3-5H2,1-2H3,(H,15,16)(H,12,13,14). The third-order valence-corrected chi connectivity index (χ3v) is 2.96. The molecule has 1 aliphatic rings. The molecule has 6 nitrogen and oxygen atoms in total. The second-order valence-electron chi connectivity index (χ2n) is 4.57. The number of carboxylic acids is 1. The van der Waals surface area contributed by atoms with Crippen molar-refractivity contribution in [3.63, 3.8) is 0 Å². The van der Waals surface area contributed by atoms with Gasteiger partial charge in [0.1, 0.15) is 11.2 Å². The third-order valence-electron chi connectivity index (χ3n) is 2.96. The number of hydrogen-bond donors (Lipinski definition) is 2. The van der Waals surface area contributed by atoms with Crippen LogP contribution in [-0.4, -0.2) is 27.7 Å². The maximum Gasteiger partial charge on any atom is 0.316 e. The van der Waals surface area contributed by atoms with Gasteiger partial charge in [-0.25, -0.2) is 4.98 Å². The van der Waals surface area contributed by atoms with Crippen molar-refractivity contribution in [1.82, 2.24) is 9.97 Å². The molecular formula is C11H14N2O4. The highest BCUT2D eigenvalue weighted by atomic mass is 16.5. The molecule has 0 radical (unpaired) electrons. The van der Waals surface area contributed by atoms with E-state index in [0.29, 0.717) is 24.3 Å². The summed E-state index contributed by atoms with van der Waals surface area (Å²) < 4.78 is 5.22. The molecule has 1 aromatic rings. The Balaban J connectivity index is 2.55. The van der Waals surface area contributed by atoms with Crippen molar-refractivity contribution < 1.29 is 14.6 Å². The first-order valence-corrected chi connectivity index (χ1v) is 5.36. The molecule has 0 fully saturated rings. The Morgan fingerprint density at radius 1 is 1.53 bits per heavy atom. The Hall–Kier alpha value is -1.69. The van der Waals surface area contributed by atoms with Gasteiger partial charge in [-0.1, -0.05) is 0 Å². The van der Waals surface area contributed by atoms with Crippen LogP contribution in [0.1, 0.15) is 30.9 Å². The van der Waals surface area contributed by atoms with Gasteiger partial charge in [0.15, 0.2) is 0 Å². The number of aliphatic carboxylic acids is 1. The van der Waals surface area contributed by atoms with E-state index in [-0.39, 0.29) is 18.0 Å². The van der Waals surface area contributed by atoms with Crippen LogP contribution < -0.4 is 5.56 Å². The van der Waals surface area contributed by atoms with E-state index in [1.165, 1.54) is 13.8 Å². The Morgan fingerprint density at radius 2 is 2.24 bits per heavy atom. The molecule has 0 spiro atoms. The number of H-pyrrole nitrogens is 1. The van der Waals surface area contributed by atoms with E-state index in [1.807, 2.05) is 0 Å². The van der Waals surface area contributed by atoms with E-state index in [0.717, 1.165) is 0 Å². The molecule has 6 heteroatoms. The molecule has 0 saturated heterocycles. The van der Waals surface area contributed by atoms with Crippen LogP contribution in [0.4, 0.5) is 0 Å². The van der Waals surface area contributed by atoms with Crippen LogP contribution >= 0.6 is 0 Å². The molecule has 0 unspecified atom stereocenters. The van der Waals surface area contributed by atoms with Crippen molar-refractivity contribution in [3.8, 4) is 0 Å². The summed E-state index contributed by atoms with van der Waals surface area (Å²) in [6, 6.07) is 0. The number of nitrogens with one attached hydrogen (secondary N) is 1. The van der Waals surface area contributed by atoms with E-state index < -0.39 is 11.4 Å². The number of aromatic amines is 1. The minimum Gasteiger partial charge on any atom is -0.481 e. The molecule has 0 aromatic carbocycles. The summed E-state index contributed by atoms with van der Waals surface area (Å²) in [6.07, 6.45) is 0.519. The van der Waals surface area contributed by atoms with Crippen molar-refractivity contribution in [2.24, 2.45) is 0 Å². The molecule has 0 bridgehead atoms. The van der Waals surface area contributed by atoms with E-state index in [4.69, 9.17) is 9.84 Å². The summed E-state index contributed by atoms with van der Waals surface area (Å²) in [5, 5.41) is 9.10. The topological polar surface area (TPSA) is 92.3 Å². The minimum absolute atomic E-state index is 0.166. The molecule has 92 valence electrons. The lowest BCUT2D eigenvalue weighted by Gasteiger charge is -2.21. The van der Waals surface area contributed by atoms with Gasteiger partial charge < -0.3 is 14.8 Å². The Kier molecular flexibility index (Phi) is 2.74. The fourth-order valence-corrected chi connectivity index (χ4v) is 1.66. The average molecular weight is 238 g/mol. The van der Waals surface area contributed by atoms with Gasteiger partial charge in [0, 0.05) is 12.0 Å². The number of rotatable bonds is 2. The lowest BCUT2D eigenvalue weighted by atomic mass is 9.92. The fourth-order valence-electron chi connectivity index (χ4n) is 1.66. The normalized spacial score (nSPS) is 15.4. The van der Waals surface area contributed by atoms with E-state index in [9.17, 15) is 9.59 Å². The maximum atomic E-state index is 11.8. The zero-order chi connectivity index (χ0) is 12.6. The number of carboxylic acid groups (broad SMARTS) is 1. The lowest BCUT2D eigenvalue weighted by Crippen LogP contribution is -2.35. The second kappa shape index (κ2) is 3.96. The third kappa shape index (κ3) is 1.95. The summed E-state index contributed by atoms with van der Waals surface area (Å²) in [7, 11) is 0. The molecule has 1 aliphatic heterocycles. The molecule has 2 N–H and O–H groups in total. The van der Waals surface area contributed by atoms with E-state index >= 15 is 0 Å². The summed E-state index contributed by atoms with van der Waals surface area (Å²) >= 11 is 0. The van der Waals surface area contributed by atoms with Crippen LogP contribution in [-0.2, 0) is 28.0 Å². The van der Waals surface area contributed by atoms with Crippen molar-refractivity contribution >= 4 is 5.97 Å². The number of nitrogens with zero attached hydrogens (tertiary/aromatic N) is 1. The number of aromatic nitrogens is 2. The van der Waals surface area contributed by atoms with E-state index in [2.05, 4.69) is 9.97 Å². The lowest BCUT2D eigenvalue weighted by molar-refractivity contribution is -0.142. The highest BCUT2D eigenvalue weighted by Gasteiger charge is 2.33. The quantitative estimate of drug-likeness (QED) is 0.768. The highest BCUT2D eigenvalue weighted by molar-refractivity contribution is 5.78. The zero-order valence-electron chi connectivity index (χ0n) is 9.74. The smallest absolute Gasteiger partial charge is 0.316 e. The van der Waals surface area contributed by atoms with Crippen molar-refractivity contribution in [1.29, 1.82) is 0 Å². The van der Waals surface area contributed by atoms with Gasteiger partial charge in [-0.2, -0.15) is 0 Å². The van der Waals surface area contributed by atoms with Crippen LogP contribution in [0.25, 0.3) is 0 Å². The number of carbonyl (C=O) groups is 1. The second-order valence-corrected chi connectivity index (χ2v) is 4.57. The first-order valence-electron chi connectivity index (χ1n) is 5.36. The largest absolute Gasteiger partial charge is 0.481 e. The SMILES string of the molecule is CC(C)(C(=O)O)c1nc2c(c(=O)[nH]1)CCOC2. The van der Waals surface area contributed by atoms with Crippen LogP contribution in [0.15, 0.2) is 4.79 Å². The molecule has 0 atom stereocenters. The Labute approximate surface area is 97.7 Å². The first kappa shape index (κ1) is 11.8. The number of fused-ring (bicyclic) bond motifs is 1. The molecule has 0 amide bonds. The first-order chi connectivity index (χ1) is 7.93. The number of hydrogen-bond acceptors (Lipinski definition) is 4. The predicted molar refractivity (Wildman–Crippen MR) is 58.9 cm³/mol. The molecule has 0 saturated carbocycles. The van der Waals surface area contributed by atoms with Crippen LogP contribution in [0.3, 0.4) is 0 Å². The van der Waals surface area contributed by atoms with Gasteiger partial charge in [0.25, 0.3) is 5.56 Å². The molecule has 0 aliphatic carbocycles. The van der Waals surface area contributed by atoms with Gasteiger partial charge in [-0.3, -0.25) is 9.59 Å². The molecular weight excluding hydrogens is 224 g/mol. The Bertz CT molecular complexity index is 519. The molecule has 17 heavy (non-hydrogen) atoms. The zero-order valence-corrected chi connectivity index (χ0v) is 9.74. The maximum absolute atomic E-state index is 11.8. The molecule has 2 heterocycles. The summed E-state index contributed by atoms with van der Waals surface area (Å²) in [6.45, 7) is 3.77.